The van der Waals surface area contributed by atoms with Crippen molar-refractivity contribution in [3.63, 3.8) is 0 Å². The molecule has 0 heterocycles. The molecule has 1 N–H and O–H groups in total. The SMILES string of the molecule is OC(Cc1ccc(F)c(F)c1)c1c(F)cc(F)cc1F. The van der Waals surface area contributed by atoms with Gasteiger partial charge in [-0.3, -0.25) is 0 Å². The second-order valence-electron chi connectivity index (χ2n) is 4.25. The van der Waals surface area contributed by atoms with E-state index < -0.39 is 40.8 Å². The molecule has 6 heteroatoms. The first-order valence-electron chi connectivity index (χ1n) is 5.65. The van der Waals surface area contributed by atoms with Crippen LogP contribution in [0.4, 0.5) is 22.0 Å². The Hall–Kier alpha value is -1.95. The molecule has 1 atom stereocenters. The first kappa shape index (κ1) is 14.5. The highest BCUT2D eigenvalue weighted by atomic mass is 19.2. The molecule has 106 valence electrons. The summed E-state index contributed by atoms with van der Waals surface area (Å²) >= 11 is 0. The maximum absolute atomic E-state index is 13.4. The number of hydrogen-bond acceptors (Lipinski definition) is 1. The van der Waals surface area contributed by atoms with Crippen LogP contribution in [0.3, 0.4) is 0 Å². The molecule has 1 unspecified atom stereocenters. The van der Waals surface area contributed by atoms with Gasteiger partial charge in [-0.25, -0.2) is 22.0 Å². The van der Waals surface area contributed by atoms with Gasteiger partial charge >= 0.3 is 0 Å². The van der Waals surface area contributed by atoms with Gasteiger partial charge in [-0.1, -0.05) is 6.07 Å². The molecule has 1 nitrogen and oxygen atoms in total. The summed E-state index contributed by atoms with van der Waals surface area (Å²) in [6, 6.07) is 3.72. The van der Waals surface area contributed by atoms with E-state index in [1.54, 1.807) is 0 Å². The van der Waals surface area contributed by atoms with Gasteiger partial charge in [0.25, 0.3) is 0 Å². The van der Waals surface area contributed by atoms with E-state index >= 15 is 0 Å². The Balaban J connectivity index is 2.28. The van der Waals surface area contributed by atoms with E-state index in [1.165, 1.54) is 6.07 Å². The van der Waals surface area contributed by atoms with Gasteiger partial charge in [0, 0.05) is 18.6 Å². The lowest BCUT2D eigenvalue weighted by Gasteiger charge is -2.13. The van der Waals surface area contributed by atoms with E-state index in [1.807, 2.05) is 0 Å². The van der Waals surface area contributed by atoms with Crippen molar-refractivity contribution < 1.29 is 27.1 Å². The summed E-state index contributed by atoms with van der Waals surface area (Å²) in [5.74, 6) is -5.78. The minimum Gasteiger partial charge on any atom is -0.388 e. The van der Waals surface area contributed by atoms with Crippen LogP contribution in [0, 0.1) is 29.1 Å². The lowest BCUT2D eigenvalue weighted by Crippen LogP contribution is -2.08. The Morgan fingerprint density at radius 2 is 1.40 bits per heavy atom. The summed E-state index contributed by atoms with van der Waals surface area (Å²) in [6.45, 7) is 0. The molecule has 0 amide bonds. The fourth-order valence-electron chi connectivity index (χ4n) is 1.86. The zero-order chi connectivity index (χ0) is 14.9. The average Bonchev–Trinajstić information content (AvgIpc) is 2.32. The molecule has 0 spiro atoms. The lowest BCUT2D eigenvalue weighted by atomic mass is 10.00. The van der Waals surface area contributed by atoms with Crippen LogP contribution in [0.25, 0.3) is 0 Å². The number of benzene rings is 2. The monoisotopic (exact) mass is 288 g/mol. The van der Waals surface area contributed by atoms with Crippen molar-refractivity contribution in [3.8, 4) is 0 Å². The van der Waals surface area contributed by atoms with Crippen LogP contribution in [0.2, 0.25) is 0 Å². The quantitative estimate of drug-likeness (QED) is 0.855. The zero-order valence-electron chi connectivity index (χ0n) is 10.0. The molecule has 0 saturated carbocycles. The highest BCUT2D eigenvalue weighted by Crippen LogP contribution is 2.25. The van der Waals surface area contributed by atoms with Crippen LogP contribution in [-0.2, 0) is 6.42 Å². The molecule has 0 aliphatic carbocycles. The van der Waals surface area contributed by atoms with E-state index in [4.69, 9.17) is 0 Å². The molecule has 0 bridgehead atoms. The number of hydrogen-bond donors (Lipinski definition) is 1. The van der Waals surface area contributed by atoms with E-state index in [0.717, 1.165) is 12.1 Å². The van der Waals surface area contributed by atoms with Crippen LogP contribution in [0.15, 0.2) is 30.3 Å². The molecule has 2 aromatic rings. The van der Waals surface area contributed by atoms with Crippen LogP contribution >= 0.6 is 0 Å². The van der Waals surface area contributed by atoms with Gasteiger partial charge < -0.3 is 5.11 Å². The third-order valence-electron chi connectivity index (χ3n) is 2.79. The third kappa shape index (κ3) is 2.96. The molecular formula is C14H9F5O. The number of aliphatic hydroxyl groups is 1. The fourth-order valence-corrected chi connectivity index (χ4v) is 1.86. The Labute approximate surface area is 111 Å². The summed E-state index contributed by atoms with van der Waals surface area (Å²) < 4.78 is 65.3. The fraction of sp³-hybridized carbons (Fsp3) is 0.143. The van der Waals surface area contributed by atoms with Crippen molar-refractivity contribution in [3.05, 3.63) is 70.5 Å². The molecule has 0 aliphatic rings. The third-order valence-corrected chi connectivity index (χ3v) is 2.79. The second kappa shape index (κ2) is 5.58. The van der Waals surface area contributed by atoms with Gasteiger partial charge in [0.2, 0.25) is 0 Å². The first-order valence-corrected chi connectivity index (χ1v) is 5.65. The molecular weight excluding hydrogens is 279 g/mol. The molecule has 20 heavy (non-hydrogen) atoms. The maximum Gasteiger partial charge on any atom is 0.159 e. The van der Waals surface area contributed by atoms with E-state index in [-0.39, 0.29) is 12.0 Å². The predicted molar refractivity (Wildman–Crippen MR) is 61.3 cm³/mol. The molecule has 0 fully saturated rings. The standard InChI is InChI=1S/C14H9F5O/c15-8-5-11(18)14(12(19)6-8)13(20)4-7-1-2-9(16)10(17)3-7/h1-3,5-6,13,20H,4H2. The van der Waals surface area contributed by atoms with Crippen LogP contribution in [0.5, 0.6) is 0 Å². The molecule has 0 aliphatic heterocycles. The Kier molecular flexibility index (Phi) is 4.04. The number of rotatable bonds is 3. The zero-order valence-corrected chi connectivity index (χ0v) is 10.0. The molecule has 2 aromatic carbocycles. The van der Waals surface area contributed by atoms with E-state index in [0.29, 0.717) is 12.1 Å². The summed E-state index contributed by atoms with van der Waals surface area (Å²) in [6.07, 6.45) is -1.98. The highest BCUT2D eigenvalue weighted by molar-refractivity contribution is 5.26. The largest absolute Gasteiger partial charge is 0.388 e. The van der Waals surface area contributed by atoms with Gasteiger partial charge in [-0.05, 0) is 17.7 Å². The Morgan fingerprint density at radius 3 is 1.95 bits per heavy atom. The average molecular weight is 288 g/mol. The topological polar surface area (TPSA) is 20.2 Å². The summed E-state index contributed by atoms with van der Waals surface area (Å²) in [5, 5.41) is 9.77. The van der Waals surface area contributed by atoms with Crippen molar-refractivity contribution in [2.75, 3.05) is 0 Å². The van der Waals surface area contributed by atoms with Crippen molar-refractivity contribution in [1.82, 2.24) is 0 Å². The minimum atomic E-state index is -1.64. The van der Waals surface area contributed by atoms with Gasteiger partial charge in [-0.15, -0.1) is 0 Å². The lowest BCUT2D eigenvalue weighted by molar-refractivity contribution is 0.168. The van der Waals surface area contributed by atoms with Crippen molar-refractivity contribution in [2.24, 2.45) is 0 Å². The Morgan fingerprint density at radius 1 is 0.800 bits per heavy atom. The van der Waals surface area contributed by atoms with Crippen LogP contribution in [-0.4, -0.2) is 5.11 Å². The highest BCUT2D eigenvalue weighted by Gasteiger charge is 2.20. The van der Waals surface area contributed by atoms with Gasteiger partial charge in [0.05, 0.1) is 11.7 Å². The summed E-state index contributed by atoms with van der Waals surface area (Å²) in [7, 11) is 0. The predicted octanol–water partition coefficient (Wildman–Crippen LogP) is 3.66. The molecule has 0 radical (unpaired) electrons. The smallest absolute Gasteiger partial charge is 0.159 e. The van der Waals surface area contributed by atoms with Crippen molar-refractivity contribution >= 4 is 0 Å². The number of aliphatic hydroxyl groups excluding tert-OH is 1. The van der Waals surface area contributed by atoms with E-state index in [2.05, 4.69) is 0 Å². The van der Waals surface area contributed by atoms with Crippen molar-refractivity contribution in [2.45, 2.75) is 12.5 Å². The van der Waals surface area contributed by atoms with Crippen molar-refractivity contribution in [1.29, 1.82) is 0 Å². The number of halogens is 5. The van der Waals surface area contributed by atoms with Crippen LogP contribution < -0.4 is 0 Å². The van der Waals surface area contributed by atoms with Crippen LogP contribution in [0.1, 0.15) is 17.2 Å². The molecule has 2 rings (SSSR count). The normalized spacial score (nSPS) is 12.5. The molecule has 0 aromatic heterocycles. The van der Waals surface area contributed by atoms with E-state index in [9.17, 15) is 27.1 Å². The van der Waals surface area contributed by atoms with Gasteiger partial charge in [-0.2, -0.15) is 0 Å². The second-order valence-corrected chi connectivity index (χ2v) is 4.25. The van der Waals surface area contributed by atoms with Gasteiger partial charge in [0.15, 0.2) is 11.6 Å². The van der Waals surface area contributed by atoms with Gasteiger partial charge in [0.1, 0.15) is 17.5 Å². The Bertz CT molecular complexity index is 618. The molecule has 0 saturated heterocycles. The summed E-state index contributed by atoms with van der Waals surface area (Å²) in [4.78, 5) is 0. The first-order chi connectivity index (χ1) is 9.38. The minimum absolute atomic E-state index is 0.152. The summed E-state index contributed by atoms with van der Waals surface area (Å²) in [5.41, 5.74) is -0.560. The maximum atomic E-state index is 13.4.